The minimum atomic E-state index is 0.764. The molecule has 2 rings (SSSR count). The minimum Gasteiger partial charge on any atom is -0.369 e. The SMILES string of the molecule is CCCc1nc(-c2ccc(Br)cc2)nc(NCC)c1Br. The zero-order valence-electron chi connectivity index (χ0n) is 11.6. The lowest BCUT2D eigenvalue weighted by molar-refractivity contribution is 0.867. The van der Waals surface area contributed by atoms with Crippen LogP contribution >= 0.6 is 31.9 Å². The lowest BCUT2D eigenvalue weighted by Crippen LogP contribution is -2.06. The molecule has 0 unspecified atom stereocenters. The number of nitrogens with one attached hydrogen (secondary N) is 1. The monoisotopic (exact) mass is 397 g/mol. The molecule has 0 bridgehead atoms. The molecule has 0 radical (unpaired) electrons. The largest absolute Gasteiger partial charge is 0.369 e. The Hall–Kier alpha value is -0.940. The first-order valence-corrected chi connectivity index (χ1v) is 8.30. The maximum Gasteiger partial charge on any atom is 0.161 e. The van der Waals surface area contributed by atoms with E-state index in [9.17, 15) is 0 Å². The molecule has 106 valence electrons. The first-order chi connectivity index (χ1) is 9.65. The van der Waals surface area contributed by atoms with Gasteiger partial charge in [-0.15, -0.1) is 0 Å². The highest BCUT2D eigenvalue weighted by Crippen LogP contribution is 2.28. The summed E-state index contributed by atoms with van der Waals surface area (Å²) in [6.07, 6.45) is 1.99. The highest BCUT2D eigenvalue weighted by atomic mass is 79.9. The molecule has 0 amide bonds. The zero-order chi connectivity index (χ0) is 14.5. The third-order valence-electron chi connectivity index (χ3n) is 2.85. The summed E-state index contributed by atoms with van der Waals surface area (Å²) >= 11 is 7.05. The van der Waals surface area contributed by atoms with Crippen molar-refractivity contribution >= 4 is 37.7 Å². The summed E-state index contributed by atoms with van der Waals surface area (Å²) < 4.78 is 2.03. The lowest BCUT2D eigenvalue weighted by atomic mass is 10.2. The van der Waals surface area contributed by atoms with Gasteiger partial charge in [0, 0.05) is 16.6 Å². The number of nitrogens with zero attached hydrogens (tertiary/aromatic N) is 2. The number of halogens is 2. The van der Waals surface area contributed by atoms with E-state index in [2.05, 4.69) is 56.0 Å². The number of aromatic nitrogens is 2. The Morgan fingerprint density at radius 3 is 2.35 bits per heavy atom. The molecule has 1 aromatic carbocycles. The third-order valence-corrected chi connectivity index (χ3v) is 4.22. The van der Waals surface area contributed by atoms with Crippen molar-refractivity contribution in [1.29, 1.82) is 0 Å². The van der Waals surface area contributed by atoms with Gasteiger partial charge in [-0.3, -0.25) is 0 Å². The standard InChI is InChI=1S/C15H17Br2N3/c1-3-5-12-13(17)15(18-4-2)20-14(19-12)10-6-8-11(16)9-7-10/h6-9H,3-5H2,1-2H3,(H,18,19,20). The topological polar surface area (TPSA) is 37.8 Å². The number of aryl methyl sites for hydroxylation is 1. The van der Waals surface area contributed by atoms with Gasteiger partial charge < -0.3 is 5.32 Å². The van der Waals surface area contributed by atoms with Crippen LogP contribution in [0, 0.1) is 0 Å². The highest BCUT2D eigenvalue weighted by Gasteiger charge is 2.12. The van der Waals surface area contributed by atoms with E-state index in [0.29, 0.717) is 0 Å². The van der Waals surface area contributed by atoms with Gasteiger partial charge in [-0.2, -0.15) is 0 Å². The van der Waals surface area contributed by atoms with Crippen LogP contribution in [0.4, 0.5) is 5.82 Å². The van der Waals surface area contributed by atoms with E-state index < -0.39 is 0 Å². The van der Waals surface area contributed by atoms with Crippen LogP contribution in [0.25, 0.3) is 11.4 Å². The Morgan fingerprint density at radius 2 is 1.75 bits per heavy atom. The van der Waals surface area contributed by atoms with Crippen molar-refractivity contribution in [2.45, 2.75) is 26.7 Å². The van der Waals surface area contributed by atoms with Gasteiger partial charge in [0.05, 0.1) is 10.2 Å². The molecule has 1 heterocycles. The maximum atomic E-state index is 4.69. The molecule has 1 N–H and O–H groups in total. The van der Waals surface area contributed by atoms with Crippen LogP contribution in [0.15, 0.2) is 33.2 Å². The molecular formula is C15H17Br2N3. The minimum absolute atomic E-state index is 0.764. The van der Waals surface area contributed by atoms with E-state index in [4.69, 9.17) is 4.98 Å². The second-order valence-electron chi connectivity index (χ2n) is 4.44. The Morgan fingerprint density at radius 1 is 1.05 bits per heavy atom. The van der Waals surface area contributed by atoms with Gasteiger partial charge in [0.25, 0.3) is 0 Å². The Bertz CT molecular complexity index is 555. The van der Waals surface area contributed by atoms with Crippen molar-refractivity contribution in [2.24, 2.45) is 0 Å². The second-order valence-corrected chi connectivity index (χ2v) is 6.15. The summed E-state index contributed by atoms with van der Waals surface area (Å²) in [5, 5.41) is 3.29. The average Bonchev–Trinajstić information content (AvgIpc) is 2.44. The van der Waals surface area contributed by atoms with Crippen molar-refractivity contribution < 1.29 is 0 Å². The van der Waals surface area contributed by atoms with E-state index >= 15 is 0 Å². The van der Waals surface area contributed by atoms with Crippen LogP contribution in [0.5, 0.6) is 0 Å². The zero-order valence-corrected chi connectivity index (χ0v) is 14.8. The van der Waals surface area contributed by atoms with Gasteiger partial charge in [0.15, 0.2) is 5.82 Å². The van der Waals surface area contributed by atoms with Crippen LogP contribution in [0.2, 0.25) is 0 Å². The predicted molar refractivity (Wildman–Crippen MR) is 91.0 cm³/mol. The molecule has 0 saturated heterocycles. The van der Waals surface area contributed by atoms with Crippen molar-refractivity contribution in [1.82, 2.24) is 9.97 Å². The molecule has 2 aromatic rings. The number of hydrogen-bond acceptors (Lipinski definition) is 3. The summed E-state index contributed by atoms with van der Waals surface area (Å²) in [5.41, 5.74) is 2.08. The van der Waals surface area contributed by atoms with E-state index in [0.717, 1.165) is 51.2 Å². The molecule has 0 aliphatic carbocycles. The van der Waals surface area contributed by atoms with Gasteiger partial charge in [0.1, 0.15) is 5.82 Å². The molecule has 3 nitrogen and oxygen atoms in total. The number of benzene rings is 1. The second kappa shape index (κ2) is 7.18. The predicted octanol–water partition coefficient (Wildman–Crippen LogP) is 5.05. The van der Waals surface area contributed by atoms with E-state index in [1.54, 1.807) is 0 Å². The van der Waals surface area contributed by atoms with Gasteiger partial charge in [-0.1, -0.05) is 41.4 Å². The fourth-order valence-corrected chi connectivity index (χ4v) is 2.69. The molecule has 0 aliphatic rings. The summed E-state index contributed by atoms with van der Waals surface area (Å²) in [6, 6.07) is 8.07. The van der Waals surface area contributed by atoms with Crippen molar-refractivity contribution in [3.63, 3.8) is 0 Å². The van der Waals surface area contributed by atoms with Crippen molar-refractivity contribution in [3.8, 4) is 11.4 Å². The van der Waals surface area contributed by atoms with Crippen molar-refractivity contribution in [2.75, 3.05) is 11.9 Å². The Balaban J connectivity index is 2.49. The summed E-state index contributed by atoms with van der Waals surface area (Å²) in [4.78, 5) is 9.31. The van der Waals surface area contributed by atoms with Crippen molar-refractivity contribution in [3.05, 3.63) is 38.9 Å². The first kappa shape index (κ1) is 15.4. The normalized spacial score (nSPS) is 10.6. The van der Waals surface area contributed by atoms with Crippen LogP contribution in [0.1, 0.15) is 26.0 Å². The molecule has 0 saturated carbocycles. The number of anilines is 1. The first-order valence-electron chi connectivity index (χ1n) is 6.72. The highest BCUT2D eigenvalue weighted by molar-refractivity contribution is 9.11. The smallest absolute Gasteiger partial charge is 0.161 e. The number of rotatable bonds is 5. The molecule has 0 spiro atoms. The summed E-state index contributed by atoms with van der Waals surface area (Å²) in [7, 11) is 0. The molecule has 0 atom stereocenters. The van der Waals surface area contributed by atoms with Crippen LogP contribution in [-0.2, 0) is 6.42 Å². The average molecular weight is 399 g/mol. The molecule has 20 heavy (non-hydrogen) atoms. The lowest BCUT2D eigenvalue weighted by Gasteiger charge is -2.12. The quantitative estimate of drug-likeness (QED) is 0.765. The van der Waals surface area contributed by atoms with E-state index in [1.807, 2.05) is 24.3 Å². The van der Waals surface area contributed by atoms with E-state index in [-0.39, 0.29) is 0 Å². The fraction of sp³-hybridized carbons (Fsp3) is 0.333. The third kappa shape index (κ3) is 3.58. The maximum absolute atomic E-state index is 4.69. The summed E-state index contributed by atoms with van der Waals surface area (Å²) in [6.45, 7) is 5.05. The molecule has 0 fully saturated rings. The summed E-state index contributed by atoms with van der Waals surface area (Å²) in [5.74, 6) is 1.63. The van der Waals surface area contributed by atoms with Gasteiger partial charge in [-0.25, -0.2) is 9.97 Å². The molecular weight excluding hydrogens is 382 g/mol. The van der Waals surface area contributed by atoms with Crippen LogP contribution < -0.4 is 5.32 Å². The van der Waals surface area contributed by atoms with Gasteiger partial charge in [0.2, 0.25) is 0 Å². The fourth-order valence-electron chi connectivity index (χ4n) is 1.91. The van der Waals surface area contributed by atoms with E-state index in [1.165, 1.54) is 0 Å². The Labute approximate surface area is 136 Å². The van der Waals surface area contributed by atoms with Gasteiger partial charge in [-0.05, 0) is 41.4 Å². The van der Waals surface area contributed by atoms with Crippen LogP contribution in [-0.4, -0.2) is 16.5 Å². The number of hydrogen-bond donors (Lipinski definition) is 1. The Kier molecular flexibility index (Phi) is 5.54. The molecule has 5 heteroatoms. The van der Waals surface area contributed by atoms with Crippen LogP contribution in [0.3, 0.4) is 0 Å². The molecule has 1 aromatic heterocycles. The van der Waals surface area contributed by atoms with Gasteiger partial charge >= 0.3 is 0 Å². The molecule has 0 aliphatic heterocycles.